The van der Waals surface area contributed by atoms with Crippen molar-refractivity contribution >= 4 is 22.2 Å². The van der Waals surface area contributed by atoms with Crippen molar-refractivity contribution in [3.8, 4) is 0 Å². The van der Waals surface area contributed by atoms with Crippen molar-refractivity contribution in [2.75, 3.05) is 6.61 Å². The Morgan fingerprint density at radius 2 is 2.40 bits per heavy atom. The van der Waals surface area contributed by atoms with E-state index in [9.17, 15) is 4.79 Å². The molecule has 1 unspecified atom stereocenters. The molecular formula is C10H13BrN2O2. The van der Waals surface area contributed by atoms with Gasteiger partial charge in [0.05, 0.1) is 11.3 Å². The summed E-state index contributed by atoms with van der Waals surface area (Å²) in [7, 11) is 0. The lowest BCUT2D eigenvalue weighted by molar-refractivity contribution is -0.0408. The Morgan fingerprint density at radius 3 is 2.93 bits per heavy atom. The Hall–Kier alpha value is -0.680. The van der Waals surface area contributed by atoms with Gasteiger partial charge in [0, 0.05) is 6.61 Å². The summed E-state index contributed by atoms with van der Waals surface area (Å²) in [4.78, 5) is 10.8. The second-order valence-corrected chi connectivity index (χ2v) is 4.42. The number of hydrogen-bond donors (Lipinski definition) is 0. The zero-order valence-corrected chi connectivity index (χ0v) is 10.2. The fourth-order valence-electron chi connectivity index (χ4n) is 1.83. The van der Waals surface area contributed by atoms with Crippen LogP contribution in [0.4, 0.5) is 0 Å². The molecule has 2 heterocycles. The van der Waals surface area contributed by atoms with Crippen molar-refractivity contribution in [3.05, 3.63) is 15.9 Å². The number of hydrogen-bond acceptors (Lipinski definition) is 3. The third-order valence-corrected chi connectivity index (χ3v) is 3.28. The minimum atomic E-state index is -0.0104. The molecule has 1 aromatic rings. The average Bonchev–Trinajstić information content (AvgIpc) is 2.55. The zero-order chi connectivity index (χ0) is 10.8. The molecule has 15 heavy (non-hydrogen) atoms. The monoisotopic (exact) mass is 272 g/mol. The fraction of sp³-hybridized carbons (Fsp3) is 0.600. The Balaban J connectivity index is 2.31. The van der Waals surface area contributed by atoms with Gasteiger partial charge in [-0.1, -0.05) is 0 Å². The molecule has 0 bridgehead atoms. The Kier molecular flexibility index (Phi) is 3.21. The van der Waals surface area contributed by atoms with E-state index in [1.54, 1.807) is 4.68 Å². The van der Waals surface area contributed by atoms with Crippen molar-refractivity contribution in [3.63, 3.8) is 0 Å². The highest BCUT2D eigenvalue weighted by molar-refractivity contribution is 9.10. The van der Waals surface area contributed by atoms with Crippen molar-refractivity contribution in [1.29, 1.82) is 0 Å². The number of carbonyl (C=O) groups is 1. The standard InChI is InChI=1S/C10H13BrN2O2/c1-7-8(6-14)10(11)12-13(7)9-4-2-3-5-15-9/h6,9H,2-5H2,1H3. The lowest BCUT2D eigenvalue weighted by Gasteiger charge is -2.23. The van der Waals surface area contributed by atoms with Crippen LogP contribution in [-0.2, 0) is 4.74 Å². The van der Waals surface area contributed by atoms with Crippen molar-refractivity contribution in [2.45, 2.75) is 32.4 Å². The van der Waals surface area contributed by atoms with E-state index in [1.165, 1.54) is 0 Å². The Labute approximate surface area is 96.7 Å². The predicted molar refractivity (Wildman–Crippen MR) is 58.9 cm³/mol. The van der Waals surface area contributed by atoms with Crippen LogP contribution < -0.4 is 0 Å². The third-order valence-electron chi connectivity index (χ3n) is 2.70. The van der Waals surface area contributed by atoms with Gasteiger partial charge in [0.15, 0.2) is 12.5 Å². The molecule has 0 amide bonds. The summed E-state index contributed by atoms with van der Waals surface area (Å²) in [6.45, 7) is 2.66. The summed E-state index contributed by atoms with van der Waals surface area (Å²) in [6.07, 6.45) is 4.04. The highest BCUT2D eigenvalue weighted by atomic mass is 79.9. The second kappa shape index (κ2) is 4.45. The van der Waals surface area contributed by atoms with E-state index in [0.29, 0.717) is 10.2 Å². The summed E-state index contributed by atoms with van der Waals surface area (Å²) in [6, 6.07) is 0. The van der Waals surface area contributed by atoms with Gasteiger partial charge in [0.1, 0.15) is 4.60 Å². The quantitative estimate of drug-likeness (QED) is 0.777. The van der Waals surface area contributed by atoms with Gasteiger partial charge < -0.3 is 4.74 Å². The van der Waals surface area contributed by atoms with Crippen molar-refractivity contribution in [2.24, 2.45) is 0 Å². The molecule has 4 nitrogen and oxygen atoms in total. The SMILES string of the molecule is Cc1c(C=O)c(Br)nn1C1CCCCO1. The molecule has 0 aliphatic carbocycles. The van der Waals surface area contributed by atoms with Crippen LogP contribution in [0.2, 0.25) is 0 Å². The minimum absolute atomic E-state index is 0.0104. The van der Waals surface area contributed by atoms with Gasteiger partial charge >= 0.3 is 0 Å². The van der Waals surface area contributed by atoms with Gasteiger partial charge in [-0.25, -0.2) is 4.68 Å². The molecule has 1 aromatic heterocycles. The predicted octanol–water partition coefficient (Wildman–Crippen LogP) is 2.47. The molecule has 1 aliphatic heterocycles. The summed E-state index contributed by atoms with van der Waals surface area (Å²) in [5, 5.41) is 4.28. The normalized spacial score (nSPS) is 21.6. The molecule has 5 heteroatoms. The molecule has 0 saturated carbocycles. The maximum absolute atomic E-state index is 10.8. The second-order valence-electron chi connectivity index (χ2n) is 3.67. The molecule has 0 spiro atoms. The molecule has 1 saturated heterocycles. The van der Waals surface area contributed by atoms with E-state index in [2.05, 4.69) is 21.0 Å². The van der Waals surface area contributed by atoms with Gasteiger partial charge in [-0.15, -0.1) is 0 Å². The van der Waals surface area contributed by atoms with Gasteiger partial charge in [-0.2, -0.15) is 5.10 Å². The highest BCUT2D eigenvalue weighted by Crippen LogP contribution is 2.26. The molecule has 0 aromatic carbocycles. The summed E-state index contributed by atoms with van der Waals surface area (Å²) in [5.41, 5.74) is 1.48. The van der Waals surface area contributed by atoms with E-state index in [1.807, 2.05) is 6.92 Å². The minimum Gasteiger partial charge on any atom is -0.357 e. The number of rotatable bonds is 2. The van der Waals surface area contributed by atoms with E-state index in [0.717, 1.165) is 37.8 Å². The first-order valence-electron chi connectivity index (χ1n) is 5.05. The smallest absolute Gasteiger partial charge is 0.154 e. The number of nitrogens with zero attached hydrogens (tertiary/aromatic N) is 2. The van der Waals surface area contributed by atoms with Crippen LogP contribution in [0.25, 0.3) is 0 Å². The first kappa shape index (κ1) is 10.8. The molecule has 1 atom stereocenters. The van der Waals surface area contributed by atoms with Gasteiger partial charge in [0.25, 0.3) is 0 Å². The van der Waals surface area contributed by atoms with Gasteiger partial charge in [-0.05, 0) is 42.1 Å². The van der Waals surface area contributed by atoms with Crippen LogP contribution in [0.5, 0.6) is 0 Å². The van der Waals surface area contributed by atoms with E-state index < -0.39 is 0 Å². The van der Waals surface area contributed by atoms with Crippen LogP contribution in [0.1, 0.15) is 41.5 Å². The summed E-state index contributed by atoms with van der Waals surface area (Å²) >= 11 is 3.28. The molecule has 0 N–H and O–H groups in total. The molecular weight excluding hydrogens is 260 g/mol. The highest BCUT2D eigenvalue weighted by Gasteiger charge is 2.21. The molecule has 82 valence electrons. The molecule has 1 aliphatic rings. The fourth-order valence-corrected chi connectivity index (χ4v) is 2.38. The Bertz CT molecular complexity index is 370. The van der Waals surface area contributed by atoms with Crippen LogP contribution >= 0.6 is 15.9 Å². The van der Waals surface area contributed by atoms with Crippen molar-refractivity contribution < 1.29 is 9.53 Å². The van der Waals surface area contributed by atoms with E-state index in [4.69, 9.17) is 4.74 Å². The Morgan fingerprint density at radius 1 is 1.60 bits per heavy atom. The average molecular weight is 273 g/mol. The van der Waals surface area contributed by atoms with Crippen LogP contribution in [0.15, 0.2) is 4.60 Å². The van der Waals surface area contributed by atoms with Crippen LogP contribution in [0.3, 0.4) is 0 Å². The summed E-state index contributed by atoms with van der Waals surface area (Å²) < 4.78 is 8.02. The number of aldehydes is 1. The number of halogens is 1. The zero-order valence-electron chi connectivity index (χ0n) is 8.57. The van der Waals surface area contributed by atoms with E-state index >= 15 is 0 Å². The van der Waals surface area contributed by atoms with Gasteiger partial charge in [0.2, 0.25) is 0 Å². The summed E-state index contributed by atoms with van der Waals surface area (Å²) in [5.74, 6) is 0. The van der Waals surface area contributed by atoms with Crippen LogP contribution in [0, 0.1) is 6.92 Å². The lowest BCUT2D eigenvalue weighted by atomic mass is 10.2. The largest absolute Gasteiger partial charge is 0.357 e. The first-order valence-corrected chi connectivity index (χ1v) is 5.84. The number of carbonyl (C=O) groups excluding carboxylic acids is 1. The molecule has 1 fully saturated rings. The van der Waals surface area contributed by atoms with Crippen molar-refractivity contribution in [1.82, 2.24) is 9.78 Å². The van der Waals surface area contributed by atoms with Crippen LogP contribution in [-0.4, -0.2) is 22.7 Å². The topological polar surface area (TPSA) is 44.1 Å². The first-order chi connectivity index (χ1) is 7.24. The maximum Gasteiger partial charge on any atom is 0.154 e. The van der Waals surface area contributed by atoms with Gasteiger partial charge in [-0.3, -0.25) is 4.79 Å². The maximum atomic E-state index is 10.8. The lowest BCUT2D eigenvalue weighted by Crippen LogP contribution is -2.20. The third kappa shape index (κ3) is 1.99. The molecule has 2 rings (SSSR count). The molecule has 0 radical (unpaired) electrons. The number of ether oxygens (including phenoxy) is 1. The number of aromatic nitrogens is 2. The van der Waals surface area contributed by atoms with E-state index in [-0.39, 0.29) is 6.23 Å².